The molecule has 3 rings (SSSR count). The third-order valence-electron chi connectivity index (χ3n) is 4.60. The highest BCUT2D eigenvalue weighted by molar-refractivity contribution is 7.99. The van der Waals surface area contributed by atoms with Crippen molar-refractivity contribution in [3.8, 4) is 0 Å². The van der Waals surface area contributed by atoms with Gasteiger partial charge >= 0.3 is 6.18 Å². The Hall–Kier alpha value is -2.56. The van der Waals surface area contributed by atoms with Gasteiger partial charge in [0, 0.05) is 19.8 Å². The number of carbonyl (C=O) groups is 1. The van der Waals surface area contributed by atoms with Crippen LogP contribution >= 0.6 is 23.4 Å². The van der Waals surface area contributed by atoms with Crippen molar-refractivity contribution in [1.29, 1.82) is 0 Å². The molecule has 0 spiro atoms. The van der Waals surface area contributed by atoms with Crippen molar-refractivity contribution in [1.82, 2.24) is 9.55 Å². The number of para-hydroxylation sites is 1. The summed E-state index contributed by atoms with van der Waals surface area (Å²) in [4.78, 5) is 29.9. The number of carbonyl (C=O) groups excluding carboxylic acids is 1. The molecule has 2 aromatic carbocycles. The van der Waals surface area contributed by atoms with E-state index in [1.165, 1.54) is 4.57 Å². The number of fused-ring (bicyclic) bond motifs is 1. The van der Waals surface area contributed by atoms with Gasteiger partial charge in [-0.05, 0) is 43.7 Å². The molecule has 1 heterocycles. The molecule has 1 aromatic heterocycles. The van der Waals surface area contributed by atoms with E-state index >= 15 is 0 Å². The van der Waals surface area contributed by atoms with Gasteiger partial charge in [0.2, 0.25) is 5.91 Å². The number of anilines is 1. The number of rotatable bonds is 9. The number of hydrogen-bond donors (Lipinski definition) is 1. The van der Waals surface area contributed by atoms with Crippen LogP contribution in [-0.4, -0.2) is 34.4 Å². The van der Waals surface area contributed by atoms with Gasteiger partial charge in [-0.1, -0.05) is 35.5 Å². The topological polar surface area (TPSA) is 73.2 Å². The Kier molecular flexibility index (Phi) is 8.39. The number of halogens is 4. The minimum absolute atomic E-state index is 0.0157. The van der Waals surface area contributed by atoms with Crippen LogP contribution in [-0.2, 0) is 22.3 Å². The zero-order valence-electron chi connectivity index (χ0n) is 17.6. The van der Waals surface area contributed by atoms with Crippen LogP contribution in [0, 0.1) is 0 Å². The first-order valence-corrected chi connectivity index (χ1v) is 11.4. The molecule has 3 aromatic rings. The average molecular weight is 500 g/mol. The number of hydrogen-bond acceptors (Lipinski definition) is 5. The second-order valence-corrected chi connectivity index (χ2v) is 8.30. The number of ether oxygens (including phenoxy) is 1. The van der Waals surface area contributed by atoms with Crippen LogP contribution < -0.4 is 10.9 Å². The quantitative estimate of drug-likeness (QED) is 0.248. The number of benzene rings is 2. The van der Waals surface area contributed by atoms with Gasteiger partial charge in [-0.2, -0.15) is 13.2 Å². The summed E-state index contributed by atoms with van der Waals surface area (Å²) in [6.07, 6.45) is -3.99. The van der Waals surface area contributed by atoms with Crippen molar-refractivity contribution in [3.63, 3.8) is 0 Å². The van der Waals surface area contributed by atoms with Crippen LogP contribution in [0.5, 0.6) is 0 Å². The lowest BCUT2D eigenvalue weighted by Gasteiger charge is -2.14. The molecule has 0 saturated heterocycles. The van der Waals surface area contributed by atoms with Gasteiger partial charge in [-0.25, -0.2) is 4.98 Å². The Bertz CT molecular complexity index is 1200. The Morgan fingerprint density at radius 2 is 2.00 bits per heavy atom. The molecule has 0 unspecified atom stereocenters. The van der Waals surface area contributed by atoms with E-state index < -0.39 is 17.6 Å². The number of thioether (sulfide) groups is 1. The molecule has 33 heavy (non-hydrogen) atoms. The third-order valence-corrected chi connectivity index (χ3v) is 5.91. The van der Waals surface area contributed by atoms with E-state index in [-0.39, 0.29) is 22.0 Å². The van der Waals surface area contributed by atoms with Crippen molar-refractivity contribution in [3.05, 3.63) is 63.4 Å². The maximum atomic E-state index is 13.0. The van der Waals surface area contributed by atoms with Gasteiger partial charge in [-0.3, -0.25) is 14.2 Å². The molecule has 0 aliphatic rings. The van der Waals surface area contributed by atoms with Gasteiger partial charge < -0.3 is 10.1 Å². The fourth-order valence-corrected chi connectivity index (χ4v) is 4.03. The summed E-state index contributed by atoms with van der Waals surface area (Å²) in [6, 6.07) is 9.58. The largest absolute Gasteiger partial charge is 0.416 e. The van der Waals surface area contributed by atoms with E-state index in [2.05, 4.69) is 10.3 Å². The molecule has 1 amide bonds. The van der Waals surface area contributed by atoms with E-state index in [0.29, 0.717) is 42.2 Å². The highest BCUT2D eigenvalue weighted by Gasteiger charge is 2.31. The van der Waals surface area contributed by atoms with Gasteiger partial charge in [0.1, 0.15) is 0 Å². The third kappa shape index (κ3) is 6.49. The van der Waals surface area contributed by atoms with Crippen molar-refractivity contribution in [2.45, 2.75) is 31.2 Å². The summed E-state index contributed by atoms with van der Waals surface area (Å²) in [6.45, 7) is 3.25. The lowest BCUT2D eigenvalue weighted by atomic mass is 10.2. The Morgan fingerprint density at radius 1 is 1.24 bits per heavy atom. The molecule has 6 nitrogen and oxygen atoms in total. The highest BCUT2D eigenvalue weighted by Crippen LogP contribution is 2.34. The first kappa shape index (κ1) is 25.1. The van der Waals surface area contributed by atoms with E-state index in [4.69, 9.17) is 16.3 Å². The molecule has 0 radical (unpaired) electrons. The van der Waals surface area contributed by atoms with Crippen molar-refractivity contribution < 1.29 is 22.7 Å². The molecule has 0 fully saturated rings. The number of nitrogens with one attached hydrogen (secondary N) is 1. The summed E-state index contributed by atoms with van der Waals surface area (Å²) in [5, 5.41) is 3.17. The Labute approximate surface area is 197 Å². The Morgan fingerprint density at radius 3 is 2.73 bits per heavy atom. The second kappa shape index (κ2) is 11.0. The van der Waals surface area contributed by atoms with Crippen LogP contribution in [0.1, 0.15) is 18.9 Å². The van der Waals surface area contributed by atoms with Crippen LogP contribution in [0.4, 0.5) is 18.9 Å². The number of alkyl halides is 3. The number of aromatic nitrogens is 2. The maximum Gasteiger partial charge on any atom is 0.416 e. The molecule has 0 saturated carbocycles. The molecule has 0 aliphatic heterocycles. The van der Waals surface area contributed by atoms with E-state index in [1.54, 1.807) is 24.3 Å². The van der Waals surface area contributed by atoms with E-state index in [0.717, 1.165) is 30.0 Å². The summed E-state index contributed by atoms with van der Waals surface area (Å²) < 4.78 is 45.7. The second-order valence-electron chi connectivity index (χ2n) is 6.95. The van der Waals surface area contributed by atoms with Gasteiger partial charge in [0.15, 0.2) is 5.16 Å². The van der Waals surface area contributed by atoms with Crippen molar-refractivity contribution >= 4 is 45.9 Å². The monoisotopic (exact) mass is 499 g/mol. The van der Waals surface area contributed by atoms with E-state index in [9.17, 15) is 22.8 Å². The summed E-state index contributed by atoms with van der Waals surface area (Å²) in [5.41, 5.74) is -0.805. The molecule has 176 valence electrons. The minimum Gasteiger partial charge on any atom is -0.382 e. The summed E-state index contributed by atoms with van der Waals surface area (Å²) in [7, 11) is 0. The standard InChI is InChI=1S/C22H21ClF3N3O3S/c1-2-32-11-5-10-29-20(31)15-6-3-4-7-17(15)28-21(29)33-13-19(30)27-18-12-14(22(24,25)26)8-9-16(18)23/h3-4,6-9,12H,2,5,10-11,13H2,1H3,(H,27,30). The highest BCUT2D eigenvalue weighted by atomic mass is 35.5. The SMILES string of the molecule is CCOCCCn1c(SCC(=O)Nc2cc(C(F)(F)F)ccc2Cl)nc2ccccc2c1=O. The van der Waals surface area contributed by atoms with Crippen LogP contribution in [0.15, 0.2) is 52.4 Å². The first-order chi connectivity index (χ1) is 15.7. The first-order valence-electron chi connectivity index (χ1n) is 10.1. The van der Waals surface area contributed by atoms with Crippen LogP contribution in [0.2, 0.25) is 5.02 Å². The van der Waals surface area contributed by atoms with Crippen LogP contribution in [0.25, 0.3) is 10.9 Å². The predicted molar refractivity (Wildman–Crippen MR) is 123 cm³/mol. The molecular formula is C22H21ClF3N3O3S. The van der Waals surface area contributed by atoms with Gasteiger partial charge in [-0.15, -0.1) is 0 Å². The fraction of sp³-hybridized carbons (Fsp3) is 0.318. The van der Waals surface area contributed by atoms with Crippen molar-refractivity contribution in [2.24, 2.45) is 0 Å². The maximum absolute atomic E-state index is 13.0. The summed E-state index contributed by atoms with van der Waals surface area (Å²) >= 11 is 6.96. The zero-order valence-corrected chi connectivity index (χ0v) is 19.2. The minimum atomic E-state index is -4.56. The van der Waals surface area contributed by atoms with Gasteiger partial charge in [0.25, 0.3) is 5.56 Å². The normalized spacial score (nSPS) is 11.7. The molecular weight excluding hydrogens is 479 g/mol. The molecule has 1 N–H and O–H groups in total. The van der Waals surface area contributed by atoms with Crippen molar-refractivity contribution in [2.75, 3.05) is 24.3 Å². The molecule has 0 atom stereocenters. The predicted octanol–water partition coefficient (Wildman–Crippen LogP) is 5.23. The number of amides is 1. The summed E-state index contributed by atoms with van der Waals surface area (Å²) in [5.74, 6) is -0.757. The fourth-order valence-electron chi connectivity index (χ4n) is 3.04. The smallest absolute Gasteiger partial charge is 0.382 e. The average Bonchev–Trinajstić information content (AvgIpc) is 2.77. The van der Waals surface area contributed by atoms with Crippen LogP contribution in [0.3, 0.4) is 0 Å². The van der Waals surface area contributed by atoms with E-state index in [1.807, 2.05) is 6.92 Å². The Balaban J connectivity index is 1.78. The lowest BCUT2D eigenvalue weighted by Crippen LogP contribution is -2.25. The lowest BCUT2D eigenvalue weighted by molar-refractivity contribution is -0.137. The zero-order chi connectivity index (χ0) is 24.0. The van der Waals surface area contributed by atoms with Gasteiger partial charge in [0.05, 0.1) is 32.9 Å². The molecule has 0 bridgehead atoms. The molecule has 0 aliphatic carbocycles. The number of nitrogens with zero attached hydrogens (tertiary/aromatic N) is 2. The molecule has 11 heteroatoms.